The van der Waals surface area contributed by atoms with Gasteiger partial charge in [-0.1, -0.05) is 12.1 Å². The molecule has 0 spiro atoms. The molecule has 0 saturated carbocycles. The van der Waals surface area contributed by atoms with Gasteiger partial charge in [0.2, 0.25) is 0 Å². The number of aryl methyl sites for hydroxylation is 1. The van der Waals surface area contributed by atoms with Crippen LogP contribution < -0.4 is 5.32 Å². The summed E-state index contributed by atoms with van der Waals surface area (Å²) in [6.07, 6.45) is 0. The highest BCUT2D eigenvalue weighted by molar-refractivity contribution is 5.60. The number of aromatic hydroxyl groups is 1. The summed E-state index contributed by atoms with van der Waals surface area (Å²) in [5.74, 6) is -0.376. The number of halogens is 1. The molecule has 0 bridgehead atoms. The first kappa shape index (κ1) is 12.9. The van der Waals surface area contributed by atoms with Crippen LogP contribution in [0.1, 0.15) is 16.7 Å². The molecule has 0 aliphatic rings. The zero-order chi connectivity index (χ0) is 13.8. The van der Waals surface area contributed by atoms with Gasteiger partial charge >= 0.3 is 0 Å². The van der Waals surface area contributed by atoms with Crippen LogP contribution in [0.4, 0.5) is 10.1 Å². The zero-order valence-corrected chi connectivity index (χ0v) is 10.4. The Bertz CT molecular complexity index is 647. The Morgan fingerprint density at radius 3 is 2.84 bits per heavy atom. The van der Waals surface area contributed by atoms with Gasteiger partial charge in [-0.05, 0) is 36.8 Å². The van der Waals surface area contributed by atoms with Gasteiger partial charge < -0.3 is 10.4 Å². The molecule has 0 fully saturated rings. The van der Waals surface area contributed by atoms with Crippen LogP contribution in [-0.2, 0) is 6.54 Å². The Kier molecular flexibility index (Phi) is 3.67. The van der Waals surface area contributed by atoms with E-state index in [-0.39, 0.29) is 12.3 Å². The minimum absolute atomic E-state index is 0.0278. The van der Waals surface area contributed by atoms with Crippen molar-refractivity contribution in [3.8, 4) is 11.8 Å². The van der Waals surface area contributed by atoms with Gasteiger partial charge in [0.25, 0.3) is 0 Å². The monoisotopic (exact) mass is 256 g/mol. The zero-order valence-electron chi connectivity index (χ0n) is 10.4. The van der Waals surface area contributed by atoms with Crippen molar-refractivity contribution in [3.05, 3.63) is 58.9 Å². The van der Waals surface area contributed by atoms with Crippen molar-refractivity contribution in [3.63, 3.8) is 0 Å². The molecule has 0 radical (unpaired) electrons. The predicted octanol–water partition coefficient (Wildman–Crippen LogP) is 3.32. The fourth-order valence-corrected chi connectivity index (χ4v) is 1.85. The Morgan fingerprint density at radius 1 is 1.32 bits per heavy atom. The number of nitrogens with one attached hydrogen (secondary N) is 1. The molecule has 19 heavy (non-hydrogen) atoms. The van der Waals surface area contributed by atoms with Crippen LogP contribution in [-0.4, -0.2) is 5.11 Å². The van der Waals surface area contributed by atoms with E-state index in [1.165, 1.54) is 18.2 Å². The van der Waals surface area contributed by atoms with Crippen LogP contribution in [0.25, 0.3) is 0 Å². The van der Waals surface area contributed by atoms with Gasteiger partial charge in [0.1, 0.15) is 17.6 Å². The lowest BCUT2D eigenvalue weighted by Crippen LogP contribution is -2.02. The number of nitriles is 1. The van der Waals surface area contributed by atoms with Crippen molar-refractivity contribution in [2.45, 2.75) is 13.5 Å². The molecule has 2 aromatic rings. The molecule has 0 atom stereocenters. The maximum atomic E-state index is 13.1. The Labute approximate surface area is 110 Å². The predicted molar refractivity (Wildman–Crippen MR) is 71.3 cm³/mol. The lowest BCUT2D eigenvalue weighted by molar-refractivity contribution is 0.466. The normalized spacial score (nSPS) is 9.95. The fraction of sp³-hybridized carbons (Fsp3) is 0.133. The SMILES string of the molecule is Cc1cccc(NCc2cc(F)ccc2O)c1C#N. The summed E-state index contributed by atoms with van der Waals surface area (Å²) >= 11 is 0. The first-order chi connectivity index (χ1) is 9.11. The van der Waals surface area contributed by atoms with E-state index < -0.39 is 5.82 Å². The number of hydrogen-bond donors (Lipinski definition) is 2. The first-order valence-electron chi connectivity index (χ1n) is 5.83. The second-order valence-corrected chi connectivity index (χ2v) is 4.24. The number of hydrogen-bond acceptors (Lipinski definition) is 3. The minimum Gasteiger partial charge on any atom is -0.508 e. The summed E-state index contributed by atoms with van der Waals surface area (Å²) < 4.78 is 13.1. The van der Waals surface area contributed by atoms with Gasteiger partial charge in [-0.2, -0.15) is 5.26 Å². The molecule has 3 nitrogen and oxygen atoms in total. The molecule has 0 aromatic heterocycles. The lowest BCUT2D eigenvalue weighted by Gasteiger charge is -2.11. The molecule has 0 amide bonds. The van der Waals surface area contributed by atoms with E-state index in [1.807, 2.05) is 19.1 Å². The van der Waals surface area contributed by atoms with E-state index in [1.54, 1.807) is 6.07 Å². The standard InChI is InChI=1S/C15H13FN2O/c1-10-3-2-4-14(13(10)8-17)18-9-11-7-12(16)5-6-15(11)19/h2-7,18-19H,9H2,1H3. The number of rotatable bonds is 3. The molecule has 0 aliphatic carbocycles. The van der Waals surface area contributed by atoms with Gasteiger partial charge in [0.15, 0.2) is 0 Å². The van der Waals surface area contributed by atoms with Crippen LogP contribution in [0, 0.1) is 24.1 Å². The van der Waals surface area contributed by atoms with Crippen LogP contribution in [0.5, 0.6) is 5.75 Å². The highest BCUT2D eigenvalue weighted by Crippen LogP contribution is 2.22. The number of phenols is 1. The van der Waals surface area contributed by atoms with Crippen molar-refractivity contribution >= 4 is 5.69 Å². The molecule has 2 N–H and O–H groups in total. The Hall–Kier alpha value is -2.54. The summed E-state index contributed by atoms with van der Waals surface area (Å²) in [4.78, 5) is 0. The lowest BCUT2D eigenvalue weighted by atomic mass is 10.1. The summed E-state index contributed by atoms with van der Waals surface area (Å²) in [5, 5.41) is 21.8. The summed E-state index contributed by atoms with van der Waals surface area (Å²) in [6, 6.07) is 11.4. The number of nitrogens with zero attached hydrogens (tertiary/aromatic N) is 1. The highest BCUT2D eigenvalue weighted by atomic mass is 19.1. The van der Waals surface area contributed by atoms with E-state index in [9.17, 15) is 9.50 Å². The van der Waals surface area contributed by atoms with Gasteiger partial charge in [0.05, 0.1) is 11.3 Å². The number of benzene rings is 2. The van der Waals surface area contributed by atoms with Crippen LogP contribution in [0.15, 0.2) is 36.4 Å². The second-order valence-electron chi connectivity index (χ2n) is 4.24. The smallest absolute Gasteiger partial charge is 0.123 e. The Morgan fingerprint density at radius 2 is 2.11 bits per heavy atom. The quantitative estimate of drug-likeness (QED) is 0.885. The molecule has 0 unspecified atom stereocenters. The summed E-state index contributed by atoms with van der Waals surface area (Å²) in [6.45, 7) is 2.10. The van der Waals surface area contributed by atoms with Crippen molar-refractivity contribution < 1.29 is 9.50 Å². The van der Waals surface area contributed by atoms with Gasteiger partial charge in [-0.15, -0.1) is 0 Å². The van der Waals surface area contributed by atoms with E-state index in [4.69, 9.17) is 5.26 Å². The third kappa shape index (κ3) is 2.83. The topological polar surface area (TPSA) is 56.0 Å². The average molecular weight is 256 g/mol. The molecule has 2 aromatic carbocycles. The maximum Gasteiger partial charge on any atom is 0.123 e. The molecule has 0 saturated heterocycles. The third-order valence-corrected chi connectivity index (χ3v) is 2.90. The van der Waals surface area contributed by atoms with Crippen LogP contribution in [0.3, 0.4) is 0 Å². The van der Waals surface area contributed by atoms with Crippen molar-refractivity contribution in [1.82, 2.24) is 0 Å². The molecule has 0 heterocycles. The molecule has 2 rings (SSSR count). The number of anilines is 1. The largest absolute Gasteiger partial charge is 0.508 e. The number of phenolic OH excluding ortho intramolecular Hbond substituents is 1. The van der Waals surface area contributed by atoms with Gasteiger partial charge in [-0.3, -0.25) is 0 Å². The molecular formula is C15H13FN2O. The average Bonchev–Trinajstić information content (AvgIpc) is 2.40. The van der Waals surface area contributed by atoms with E-state index in [2.05, 4.69) is 11.4 Å². The van der Waals surface area contributed by atoms with Crippen molar-refractivity contribution in [2.75, 3.05) is 5.32 Å². The van der Waals surface area contributed by atoms with Crippen LogP contribution >= 0.6 is 0 Å². The fourth-order valence-electron chi connectivity index (χ4n) is 1.85. The van der Waals surface area contributed by atoms with Crippen molar-refractivity contribution in [2.24, 2.45) is 0 Å². The second kappa shape index (κ2) is 5.40. The van der Waals surface area contributed by atoms with E-state index >= 15 is 0 Å². The van der Waals surface area contributed by atoms with E-state index in [0.717, 1.165) is 5.56 Å². The molecular weight excluding hydrogens is 243 g/mol. The van der Waals surface area contributed by atoms with E-state index in [0.29, 0.717) is 16.8 Å². The van der Waals surface area contributed by atoms with Gasteiger partial charge in [0, 0.05) is 12.1 Å². The minimum atomic E-state index is -0.403. The highest BCUT2D eigenvalue weighted by Gasteiger charge is 2.07. The molecule has 4 heteroatoms. The first-order valence-corrected chi connectivity index (χ1v) is 5.83. The van der Waals surface area contributed by atoms with Crippen molar-refractivity contribution in [1.29, 1.82) is 5.26 Å². The molecule has 96 valence electrons. The molecule has 0 aliphatic heterocycles. The van der Waals surface area contributed by atoms with Crippen LogP contribution in [0.2, 0.25) is 0 Å². The summed E-state index contributed by atoms with van der Waals surface area (Å²) in [7, 11) is 0. The third-order valence-electron chi connectivity index (χ3n) is 2.90. The van der Waals surface area contributed by atoms with Gasteiger partial charge in [-0.25, -0.2) is 4.39 Å². The maximum absolute atomic E-state index is 13.1. The summed E-state index contributed by atoms with van der Waals surface area (Å²) in [5.41, 5.74) is 2.55. The Balaban J connectivity index is 2.22.